The molecule has 5 heteroatoms. The van der Waals surface area contributed by atoms with Gasteiger partial charge in [-0.05, 0) is 13.0 Å². The molecule has 0 bridgehead atoms. The molecule has 0 amide bonds. The number of amidine groups is 1. The maximum absolute atomic E-state index is 7.31. The molecular formula is C6H9N5. The van der Waals surface area contributed by atoms with Crippen LogP contribution in [0.1, 0.15) is 6.92 Å². The summed E-state index contributed by atoms with van der Waals surface area (Å²) in [7, 11) is 0. The number of hydrogen-bond acceptors (Lipinski definition) is 2. The third-order valence-corrected chi connectivity index (χ3v) is 1.00. The molecule has 1 aromatic rings. The van der Waals surface area contributed by atoms with Crippen LogP contribution in [0.4, 0.5) is 0 Å². The van der Waals surface area contributed by atoms with Crippen molar-refractivity contribution in [3.05, 3.63) is 18.5 Å². The van der Waals surface area contributed by atoms with Crippen LogP contribution in [-0.4, -0.2) is 21.6 Å². The molecule has 0 aliphatic rings. The van der Waals surface area contributed by atoms with E-state index in [0.29, 0.717) is 5.84 Å². The third-order valence-electron chi connectivity index (χ3n) is 1.00. The highest BCUT2D eigenvalue weighted by molar-refractivity contribution is 5.93. The molecule has 0 aliphatic carbocycles. The van der Waals surface area contributed by atoms with Gasteiger partial charge in [0.1, 0.15) is 0 Å². The molecule has 11 heavy (non-hydrogen) atoms. The summed E-state index contributed by atoms with van der Waals surface area (Å²) >= 11 is 0. The lowest BCUT2D eigenvalue weighted by molar-refractivity contribution is 0.911. The van der Waals surface area contributed by atoms with E-state index in [4.69, 9.17) is 11.1 Å². The molecule has 0 atom stereocenters. The molecule has 0 saturated carbocycles. The summed E-state index contributed by atoms with van der Waals surface area (Å²) in [5.74, 6) is 0.375. The molecule has 0 aromatic carbocycles. The van der Waals surface area contributed by atoms with Gasteiger partial charge >= 0.3 is 0 Å². The van der Waals surface area contributed by atoms with E-state index in [0.717, 1.165) is 0 Å². The van der Waals surface area contributed by atoms with Gasteiger partial charge in [0.05, 0.1) is 5.84 Å². The van der Waals surface area contributed by atoms with E-state index < -0.39 is 0 Å². The standard InChI is InChI=1S/C6H9N5/c1-5(7)10-6(8)11-4-2-3-9-11/h2-4H,1H3,(H3,7,8,10). The molecule has 0 saturated heterocycles. The van der Waals surface area contributed by atoms with Gasteiger partial charge in [0.2, 0.25) is 5.96 Å². The van der Waals surface area contributed by atoms with Gasteiger partial charge in [-0.25, -0.2) is 4.68 Å². The molecular weight excluding hydrogens is 142 g/mol. The first-order valence-corrected chi connectivity index (χ1v) is 3.09. The summed E-state index contributed by atoms with van der Waals surface area (Å²) < 4.78 is 1.33. The van der Waals surface area contributed by atoms with Crippen molar-refractivity contribution in [2.24, 2.45) is 10.7 Å². The predicted octanol–water partition coefficient (Wildman–Crippen LogP) is 0.0431. The Hall–Kier alpha value is -1.65. The van der Waals surface area contributed by atoms with Gasteiger partial charge in [0.15, 0.2) is 0 Å². The first kappa shape index (κ1) is 7.46. The number of aromatic nitrogens is 2. The second-order valence-electron chi connectivity index (χ2n) is 2.03. The van der Waals surface area contributed by atoms with Crippen LogP contribution in [-0.2, 0) is 0 Å². The smallest absolute Gasteiger partial charge is 0.244 e. The largest absolute Gasteiger partial charge is 0.387 e. The summed E-state index contributed by atoms with van der Waals surface area (Å²) in [5, 5.41) is 11.1. The first-order chi connectivity index (χ1) is 5.20. The van der Waals surface area contributed by atoms with Gasteiger partial charge in [-0.15, -0.1) is 0 Å². The summed E-state index contributed by atoms with van der Waals surface area (Å²) in [5.41, 5.74) is 5.27. The molecule has 1 heterocycles. The number of rotatable bonds is 0. The van der Waals surface area contributed by atoms with Crippen molar-refractivity contribution in [1.29, 1.82) is 5.41 Å². The fourth-order valence-electron chi connectivity index (χ4n) is 0.612. The van der Waals surface area contributed by atoms with Gasteiger partial charge in [-0.2, -0.15) is 10.1 Å². The Morgan fingerprint density at radius 3 is 2.91 bits per heavy atom. The average Bonchev–Trinajstić information content (AvgIpc) is 2.35. The van der Waals surface area contributed by atoms with E-state index in [9.17, 15) is 0 Å². The molecule has 0 radical (unpaired) electrons. The Kier molecular flexibility index (Phi) is 2.00. The summed E-state index contributed by atoms with van der Waals surface area (Å²) in [6, 6.07) is 1.72. The van der Waals surface area contributed by atoms with E-state index in [-0.39, 0.29) is 5.96 Å². The van der Waals surface area contributed by atoms with Crippen LogP contribution in [0.5, 0.6) is 0 Å². The van der Waals surface area contributed by atoms with Crippen molar-refractivity contribution >= 4 is 11.8 Å². The Labute approximate surface area is 64.1 Å². The molecule has 58 valence electrons. The Morgan fingerprint density at radius 1 is 1.73 bits per heavy atom. The highest BCUT2D eigenvalue weighted by Gasteiger charge is 1.95. The highest BCUT2D eigenvalue weighted by atomic mass is 15.3. The summed E-state index contributed by atoms with van der Waals surface area (Å²) in [6.07, 6.45) is 3.21. The van der Waals surface area contributed by atoms with Gasteiger partial charge in [-0.3, -0.25) is 5.41 Å². The Balaban J connectivity index is 2.80. The zero-order chi connectivity index (χ0) is 8.27. The molecule has 0 unspecified atom stereocenters. The van der Waals surface area contributed by atoms with Gasteiger partial charge in [0, 0.05) is 12.4 Å². The lowest BCUT2D eigenvalue weighted by atomic mass is 10.7. The average molecular weight is 151 g/mol. The van der Waals surface area contributed by atoms with Crippen molar-refractivity contribution in [3.8, 4) is 0 Å². The van der Waals surface area contributed by atoms with E-state index in [1.807, 2.05) is 0 Å². The van der Waals surface area contributed by atoms with Crippen molar-refractivity contribution in [2.45, 2.75) is 6.92 Å². The lowest BCUT2D eigenvalue weighted by Gasteiger charge is -1.95. The van der Waals surface area contributed by atoms with Gasteiger partial charge in [0.25, 0.3) is 0 Å². The van der Waals surface area contributed by atoms with E-state index in [2.05, 4.69) is 10.1 Å². The summed E-state index contributed by atoms with van der Waals surface area (Å²) in [4.78, 5) is 3.70. The van der Waals surface area contributed by atoms with E-state index >= 15 is 0 Å². The topological polar surface area (TPSA) is 80.0 Å². The first-order valence-electron chi connectivity index (χ1n) is 3.09. The normalized spacial score (nSPS) is 11.5. The second-order valence-corrected chi connectivity index (χ2v) is 2.03. The molecule has 1 rings (SSSR count). The maximum Gasteiger partial charge on any atom is 0.244 e. The summed E-state index contributed by atoms with van der Waals surface area (Å²) in [6.45, 7) is 1.62. The quantitative estimate of drug-likeness (QED) is 0.405. The lowest BCUT2D eigenvalue weighted by Crippen LogP contribution is -2.14. The molecule has 0 aliphatic heterocycles. The zero-order valence-corrected chi connectivity index (χ0v) is 6.15. The van der Waals surface area contributed by atoms with Crippen LogP contribution in [0, 0.1) is 5.41 Å². The number of nitrogens with two attached hydrogens (primary N) is 1. The van der Waals surface area contributed by atoms with Crippen LogP contribution in [0.2, 0.25) is 0 Å². The van der Waals surface area contributed by atoms with Crippen molar-refractivity contribution < 1.29 is 0 Å². The van der Waals surface area contributed by atoms with Crippen molar-refractivity contribution in [3.63, 3.8) is 0 Å². The van der Waals surface area contributed by atoms with E-state index in [1.54, 1.807) is 25.4 Å². The van der Waals surface area contributed by atoms with Crippen LogP contribution >= 0.6 is 0 Å². The van der Waals surface area contributed by atoms with Crippen molar-refractivity contribution in [1.82, 2.24) is 9.78 Å². The highest BCUT2D eigenvalue weighted by Crippen LogP contribution is 1.85. The predicted molar refractivity (Wildman–Crippen MR) is 42.6 cm³/mol. The number of aliphatic imine (C=N–C) groups is 1. The molecule has 0 spiro atoms. The minimum absolute atomic E-state index is 0.0231. The van der Waals surface area contributed by atoms with E-state index in [1.165, 1.54) is 4.68 Å². The monoisotopic (exact) mass is 151 g/mol. The van der Waals surface area contributed by atoms with Crippen LogP contribution in [0.15, 0.2) is 23.5 Å². The van der Waals surface area contributed by atoms with Crippen LogP contribution in [0.3, 0.4) is 0 Å². The number of hydrogen-bond donors (Lipinski definition) is 2. The molecule has 3 N–H and O–H groups in total. The molecule has 0 fully saturated rings. The fourth-order valence-corrected chi connectivity index (χ4v) is 0.612. The Morgan fingerprint density at radius 2 is 2.45 bits per heavy atom. The van der Waals surface area contributed by atoms with Crippen molar-refractivity contribution in [2.75, 3.05) is 0 Å². The van der Waals surface area contributed by atoms with Gasteiger partial charge in [-0.1, -0.05) is 0 Å². The minimum atomic E-state index is 0.0231. The second kappa shape index (κ2) is 2.96. The third kappa shape index (κ3) is 1.89. The van der Waals surface area contributed by atoms with Crippen LogP contribution < -0.4 is 5.73 Å². The minimum Gasteiger partial charge on any atom is -0.387 e. The zero-order valence-electron chi connectivity index (χ0n) is 6.15. The SMILES string of the molecule is C/C(N)=N/C(=N)n1cccn1. The van der Waals surface area contributed by atoms with Crippen LogP contribution in [0.25, 0.3) is 0 Å². The molecule has 1 aromatic heterocycles. The Bertz CT molecular complexity index is 267. The van der Waals surface area contributed by atoms with Gasteiger partial charge < -0.3 is 5.73 Å². The fraction of sp³-hybridized carbons (Fsp3) is 0.167. The number of nitrogens with zero attached hydrogens (tertiary/aromatic N) is 3. The number of nitrogens with one attached hydrogen (secondary N) is 1. The molecule has 5 nitrogen and oxygen atoms in total. The maximum atomic E-state index is 7.31.